The Balaban J connectivity index is 1.72. The molecule has 1 aliphatic rings. The van der Waals surface area contributed by atoms with Crippen molar-refractivity contribution in [3.63, 3.8) is 0 Å². The summed E-state index contributed by atoms with van der Waals surface area (Å²) < 4.78 is 5.15. The molecule has 5 heteroatoms. The number of carbonyl (C=O) groups excluding carboxylic acids is 2. The summed E-state index contributed by atoms with van der Waals surface area (Å²) in [4.78, 5) is 27.0. The number of aryl methyl sites for hydroxylation is 2. The Labute approximate surface area is 154 Å². The summed E-state index contributed by atoms with van der Waals surface area (Å²) >= 11 is 0. The Hall–Kier alpha value is -2.82. The number of hydrogen-bond donors (Lipinski definition) is 1. The monoisotopic (exact) mass is 352 g/mol. The van der Waals surface area contributed by atoms with Crippen LogP contribution in [0.3, 0.4) is 0 Å². The molecule has 26 heavy (non-hydrogen) atoms. The summed E-state index contributed by atoms with van der Waals surface area (Å²) in [7, 11) is 1.63. The molecule has 1 heterocycles. The van der Waals surface area contributed by atoms with E-state index in [-0.39, 0.29) is 11.8 Å². The van der Waals surface area contributed by atoms with Crippen LogP contribution in [0, 0.1) is 6.92 Å². The van der Waals surface area contributed by atoms with E-state index in [0.717, 1.165) is 22.4 Å². The molecule has 2 aromatic rings. The van der Waals surface area contributed by atoms with Crippen molar-refractivity contribution < 1.29 is 14.3 Å². The van der Waals surface area contributed by atoms with Crippen LogP contribution in [0.2, 0.25) is 0 Å². The number of rotatable bonds is 5. The maximum Gasteiger partial charge on any atom is 0.247 e. The van der Waals surface area contributed by atoms with E-state index in [4.69, 9.17) is 4.74 Å². The van der Waals surface area contributed by atoms with Crippen molar-refractivity contribution in [1.82, 2.24) is 10.2 Å². The van der Waals surface area contributed by atoms with Crippen LogP contribution in [0.5, 0.6) is 5.75 Å². The molecule has 3 rings (SSSR count). The lowest BCUT2D eigenvalue weighted by atomic mass is 9.99. The number of amides is 2. The minimum Gasteiger partial charge on any atom is -0.497 e. The van der Waals surface area contributed by atoms with Gasteiger partial charge in [-0.15, -0.1) is 0 Å². The van der Waals surface area contributed by atoms with Crippen LogP contribution in [0.4, 0.5) is 0 Å². The highest BCUT2D eigenvalue weighted by Gasteiger charge is 2.33. The summed E-state index contributed by atoms with van der Waals surface area (Å²) in [5.41, 5.74) is 3.01. The first-order valence-electron chi connectivity index (χ1n) is 8.85. The Bertz CT molecular complexity index is 786. The van der Waals surface area contributed by atoms with Crippen molar-refractivity contribution in [3.05, 3.63) is 65.2 Å². The molecule has 1 fully saturated rings. The van der Waals surface area contributed by atoms with Gasteiger partial charge in [0.2, 0.25) is 11.8 Å². The highest BCUT2D eigenvalue weighted by molar-refractivity contribution is 5.90. The third-order valence-electron chi connectivity index (χ3n) is 4.68. The predicted molar refractivity (Wildman–Crippen MR) is 100.0 cm³/mol. The van der Waals surface area contributed by atoms with Gasteiger partial charge in [-0.1, -0.05) is 42.0 Å². The topological polar surface area (TPSA) is 58.6 Å². The Morgan fingerprint density at radius 3 is 2.69 bits per heavy atom. The molecule has 5 nitrogen and oxygen atoms in total. The molecule has 0 bridgehead atoms. The van der Waals surface area contributed by atoms with Gasteiger partial charge in [0.25, 0.3) is 0 Å². The Kier molecular flexibility index (Phi) is 5.56. The minimum absolute atomic E-state index is 0.00201. The Morgan fingerprint density at radius 2 is 2.00 bits per heavy atom. The lowest BCUT2D eigenvalue weighted by Crippen LogP contribution is -2.52. The fourth-order valence-corrected chi connectivity index (χ4v) is 3.29. The number of nitrogens with zero attached hydrogens (tertiary/aromatic N) is 1. The number of carbonyl (C=O) groups is 2. The van der Waals surface area contributed by atoms with Crippen molar-refractivity contribution in [1.29, 1.82) is 0 Å². The first-order valence-corrected chi connectivity index (χ1v) is 8.85. The van der Waals surface area contributed by atoms with Crippen LogP contribution in [0.1, 0.15) is 29.2 Å². The van der Waals surface area contributed by atoms with Gasteiger partial charge >= 0.3 is 0 Å². The fraction of sp³-hybridized carbons (Fsp3) is 0.333. The van der Waals surface area contributed by atoms with Gasteiger partial charge in [0.1, 0.15) is 11.8 Å². The summed E-state index contributed by atoms with van der Waals surface area (Å²) in [6, 6.07) is 15.0. The first kappa shape index (κ1) is 18.0. The quantitative estimate of drug-likeness (QED) is 0.900. The van der Waals surface area contributed by atoms with E-state index in [9.17, 15) is 9.59 Å². The second-order valence-corrected chi connectivity index (χ2v) is 6.54. The molecule has 2 amide bonds. The van der Waals surface area contributed by atoms with E-state index < -0.39 is 6.04 Å². The zero-order valence-corrected chi connectivity index (χ0v) is 15.2. The van der Waals surface area contributed by atoms with Crippen molar-refractivity contribution in [2.75, 3.05) is 20.2 Å². The molecule has 1 aliphatic heterocycles. The number of methoxy groups -OCH3 is 1. The number of nitrogens with one attached hydrogen (secondary N) is 1. The molecule has 1 atom stereocenters. The zero-order valence-electron chi connectivity index (χ0n) is 15.2. The molecular formula is C21H24N2O3. The molecule has 1 N–H and O–H groups in total. The van der Waals surface area contributed by atoms with E-state index in [1.807, 2.05) is 55.5 Å². The normalized spacial score (nSPS) is 16.9. The number of piperazine rings is 1. The predicted octanol–water partition coefficient (Wildman–Crippen LogP) is 2.64. The highest BCUT2D eigenvalue weighted by Crippen LogP contribution is 2.25. The van der Waals surface area contributed by atoms with E-state index in [2.05, 4.69) is 5.32 Å². The van der Waals surface area contributed by atoms with E-state index >= 15 is 0 Å². The van der Waals surface area contributed by atoms with Gasteiger partial charge in [-0.25, -0.2) is 0 Å². The van der Waals surface area contributed by atoms with Gasteiger partial charge in [0.15, 0.2) is 0 Å². The van der Waals surface area contributed by atoms with Gasteiger partial charge < -0.3 is 15.0 Å². The largest absolute Gasteiger partial charge is 0.497 e. The second kappa shape index (κ2) is 8.04. The molecule has 0 aromatic heterocycles. The van der Waals surface area contributed by atoms with Gasteiger partial charge in [-0.3, -0.25) is 9.59 Å². The van der Waals surface area contributed by atoms with Crippen LogP contribution in [0.15, 0.2) is 48.5 Å². The molecule has 0 saturated carbocycles. The average molecular weight is 352 g/mol. The first-order chi connectivity index (χ1) is 12.6. The van der Waals surface area contributed by atoms with Crippen molar-refractivity contribution >= 4 is 11.8 Å². The molecule has 0 aliphatic carbocycles. The van der Waals surface area contributed by atoms with Crippen molar-refractivity contribution in [2.45, 2.75) is 25.8 Å². The minimum atomic E-state index is -0.549. The van der Waals surface area contributed by atoms with Gasteiger partial charge in [0.05, 0.1) is 7.11 Å². The van der Waals surface area contributed by atoms with Gasteiger partial charge in [0, 0.05) is 19.5 Å². The number of hydrogen-bond acceptors (Lipinski definition) is 3. The van der Waals surface area contributed by atoms with Crippen molar-refractivity contribution in [3.8, 4) is 5.75 Å². The molecule has 1 unspecified atom stereocenters. The molecule has 1 saturated heterocycles. The summed E-state index contributed by atoms with van der Waals surface area (Å²) in [6.45, 7) is 3.02. The van der Waals surface area contributed by atoms with E-state index in [1.54, 1.807) is 12.0 Å². The maximum atomic E-state index is 12.8. The van der Waals surface area contributed by atoms with Gasteiger partial charge in [-0.2, -0.15) is 0 Å². The van der Waals surface area contributed by atoms with E-state index in [0.29, 0.717) is 25.9 Å². The lowest BCUT2D eigenvalue weighted by molar-refractivity contribution is -0.143. The van der Waals surface area contributed by atoms with Crippen LogP contribution < -0.4 is 10.1 Å². The smallest absolute Gasteiger partial charge is 0.247 e. The van der Waals surface area contributed by atoms with Crippen LogP contribution in [0.25, 0.3) is 0 Å². The summed E-state index contributed by atoms with van der Waals surface area (Å²) in [6.07, 6.45) is 1.02. The zero-order chi connectivity index (χ0) is 18.5. The number of benzene rings is 2. The number of ether oxygens (including phenoxy) is 1. The Morgan fingerprint density at radius 1 is 1.23 bits per heavy atom. The maximum absolute atomic E-state index is 12.8. The highest BCUT2D eigenvalue weighted by atomic mass is 16.5. The summed E-state index contributed by atoms with van der Waals surface area (Å²) in [5, 5.41) is 2.87. The standard InChI is InChI=1S/C21H24N2O3/c1-15-4-3-5-17(14-15)20-21(25)22-12-13-23(20)19(24)11-8-16-6-9-18(26-2)10-7-16/h3-7,9-10,14,20H,8,11-13H2,1-2H3,(H,22,25). The molecule has 0 spiro atoms. The van der Waals surface area contributed by atoms with Crippen molar-refractivity contribution in [2.24, 2.45) is 0 Å². The average Bonchev–Trinajstić information content (AvgIpc) is 2.66. The molecule has 2 aromatic carbocycles. The fourth-order valence-electron chi connectivity index (χ4n) is 3.29. The third-order valence-corrected chi connectivity index (χ3v) is 4.68. The molecule has 0 radical (unpaired) electrons. The summed E-state index contributed by atoms with van der Waals surface area (Å²) in [5.74, 6) is 0.689. The van der Waals surface area contributed by atoms with Crippen LogP contribution >= 0.6 is 0 Å². The molecule has 136 valence electrons. The lowest BCUT2D eigenvalue weighted by Gasteiger charge is -2.35. The van der Waals surface area contributed by atoms with E-state index in [1.165, 1.54) is 0 Å². The second-order valence-electron chi connectivity index (χ2n) is 6.54. The van der Waals surface area contributed by atoms with Crippen LogP contribution in [-0.4, -0.2) is 36.9 Å². The van der Waals surface area contributed by atoms with Gasteiger partial charge in [-0.05, 0) is 36.6 Å². The third kappa shape index (κ3) is 4.04. The van der Waals surface area contributed by atoms with Crippen LogP contribution in [-0.2, 0) is 16.0 Å². The molecular weight excluding hydrogens is 328 g/mol. The SMILES string of the molecule is COc1ccc(CCC(=O)N2CCNC(=O)C2c2cccc(C)c2)cc1.